The molecule has 0 saturated carbocycles. The van der Waals surface area contributed by atoms with Gasteiger partial charge in [-0.05, 0) is 31.9 Å². The highest BCUT2D eigenvalue weighted by Crippen LogP contribution is 2.24. The predicted octanol–water partition coefficient (Wildman–Crippen LogP) is 1.75. The van der Waals surface area contributed by atoms with Crippen molar-refractivity contribution in [3.05, 3.63) is 28.8 Å². The van der Waals surface area contributed by atoms with Crippen molar-refractivity contribution in [3.8, 4) is 5.75 Å². The van der Waals surface area contributed by atoms with Gasteiger partial charge in [-0.15, -0.1) is 0 Å². The van der Waals surface area contributed by atoms with E-state index in [1.807, 2.05) is 32.9 Å². The fourth-order valence-corrected chi connectivity index (χ4v) is 1.88. The van der Waals surface area contributed by atoms with Gasteiger partial charge in [0.05, 0.1) is 6.61 Å². The topological polar surface area (TPSA) is 47.6 Å². The molecule has 0 aliphatic carbocycles. The van der Waals surface area contributed by atoms with Crippen LogP contribution in [0.3, 0.4) is 0 Å². The van der Waals surface area contributed by atoms with Crippen LogP contribution in [0.15, 0.2) is 12.1 Å². The summed E-state index contributed by atoms with van der Waals surface area (Å²) < 4.78 is 10.4. The zero-order chi connectivity index (χ0) is 13.5. The molecule has 0 saturated heterocycles. The average Bonchev–Trinajstić information content (AvgIpc) is 2.27. The number of methoxy groups -OCH3 is 1. The molecule has 1 aromatic carbocycles. The average molecular weight is 251 g/mol. The monoisotopic (exact) mass is 251 g/mol. The van der Waals surface area contributed by atoms with Crippen molar-refractivity contribution in [1.29, 1.82) is 0 Å². The van der Waals surface area contributed by atoms with Crippen LogP contribution in [0, 0.1) is 20.8 Å². The molecule has 18 heavy (non-hydrogen) atoms. The van der Waals surface area contributed by atoms with E-state index in [2.05, 4.69) is 5.32 Å². The Kier molecular flexibility index (Phi) is 5.65. The Morgan fingerprint density at radius 3 is 2.39 bits per heavy atom. The van der Waals surface area contributed by atoms with Crippen molar-refractivity contribution in [1.82, 2.24) is 5.32 Å². The molecule has 0 aliphatic heterocycles. The number of ether oxygens (including phenoxy) is 2. The normalized spacial score (nSPS) is 10.2. The van der Waals surface area contributed by atoms with Gasteiger partial charge in [-0.25, -0.2) is 0 Å². The molecule has 0 heterocycles. The number of amides is 1. The number of carbonyl (C=O) groups excluding carboxylic acids is 1. The summed E-state index contributed by atoms with van der Waals surface area (Å²) in [7, 11) is 1.60. The molecule has 1 aromatic rings. The minimum Gasteiger partial charge on any atom is -0.483 e. The summed E-state index contributed by atoms with van der Waals surface area (Å²) in [4.78, 5) is 11.5. The molecule has 0 bridgehead atoms. The zero-order valence-electron chi connectivity index (χ0n) is 11.5. The summed E-state index contributed by atoms with van der Waals surface area (Å²) in [6.07, 6.45) is 0. The van der Waals surface area contributed by atoms with Crippen LogP contribution in [0.4, 0.5) is 0 Å². The first-order valence-corrected chi connectivity index (χ1v) is 6.01. The van der Waals surface area contributed by atoms with Crippen LogP contribution < -0.4 is 10.1 Å². The van der Waals surface area contributed by atoms with Crippen LogP contribution in [-0.4, -0.2) is 32.8 Å². The van der Waals surface area contributed by atoms with Gasteiger partial charge in [-0.2, -0.15) is 0 Å². The van der Waals surface area contributed by atoms with E-state index in [0.29, 0.717) is 13.2 Å². The number of nitrogens with one attached hydrogen (secondary N) is 1. The van der Waals surface area contributed by atoms with Crippen LogP contribution in [0.2, 0.25) is 0 Å². The lowest BCUT2D eigenvalue weighted by molar-refractivity contribution is -0.123. The summed E-state index contributed by atoms with van der Waals surface area (Å²) >= 11 is 0. The second kappa shape index (κ2) is 7.01. The molecular formula is C14H21NO3. The standard InChI is InChI=1S/C14H21NO3/c1-10-7-11(2)14(12(3)8-10)18-9-13(16)15-5-6-17-4/h7-8H,5-6,9H2,1-4H3,(H,15,16). The van der Waals surface area contributed by atoms with Crippen molar-refractivity contribution in [2.45, 2.75) is 20.8 Å². The lowest BCUT2D eigenvalue weighted by Gasteiger charge is -2.13. The Balaban J connectivity index is 2.51. The summed E-state index contributed by atoms with van der Waals surface area (Å²) in [6, 6.07) is 4.09. The molecular weight excluding hydrogens is 230 g/mol. The fourth-order valence-electron chi connectivity index (χ4n) is 1.88. The number of hydrogen-bond acceptors (Lipinski definition) is 3. The van der Waals surface area contributed by atoms with Gasteiger partial charge in [-0.1, -0.05) is 17.7 Å². The van der Waals surface area contributed by atoms with E-state index in [9.17, 15) is 4.79 Å². The minimum absolute atomic E-state index is 0.0362. The fraction of sp³-hybridized carbons (Fsp3) is 0.500. The van der Waals surface area contributed by atoms with Crippen molar-refractivity contribution in [2.75, 3.05) is 26.9 Å². The van der Waals surface area contributed by atoms with E-state index in [1.54, 1.807) is 7.11 Å². The Hall–Kier alpha value is -1.55. The van der Waals surface area contributed by atoms with E-state index in [-0.39, 0.29) is 12.5 Å². The van der Waals surface area contributed by atoms with Gasteiger partial charge in [0.25, 0.3) is 5.91 Å². The second-order valence-electron chi connectivity index (χ2n) is 4.36. The summed E-state index contributed by atoms with van der Waals surface area (Å²) in [5, 5.41) is 2.72. The molecule has 0 aromatic heterocycles. The lowest BCUT2D eigenvalue weighted by atomic mass is 10.1. The van der Waals surface area contributed by atoms with E-state index in [4.69, 9.17) is 9.47 Å². The van der Waals surface area contributed by atoms with Crippen LogP contribution >= 0.6 is 0 Å². The second-order valence-corrected chi connectivity index (χ2v) is 4.36. The van der Waals surface area contributed by atoms with E-state index < -0.39 is 0 Å². The highest BCUT2D eigenvalue weighted by atomic mass is 16.5. The summed E-state index contributed by atoms with van der Waals surface area (Å²) in [6.45, 7) is 7.06. The first-order valence-electron chi connectivity index (χ1n) is 6.01. The molecule has 0 aliphatic rings. The highest BCUT2D eigenvalue weighted by Gasteiger charge is 2.07. The molecule has 1 N–H and O–H groups in total. The highest BCUT2D eigenvalue weighted by molar-refractivity contribution is 5.77. The molecule has 0 radical (unpaired) electrons. The van der Waals surface area contributed by atoms with Gasteiger partial charge >= 0.3 is 0 Å². The zero-order valence-corrected chi connectivity index (χ0v) is 11.5. The van der Waals surface area contributed by atoms with Crippen molar-refractivity contribution in [2.24, 2.45) is 0 Å². The number of carbonyl (C=O) groups is 1. The maximum Gasteiger partial charge on any atom is 0.258 e. The Labute approximate surface area is 108 Å². The molecule has 1 rings (SSSR count). The van der Waals surface area contributed by atoms with Gasteiger partial charge < -0.3 is 14.8 Å². The van der Waals surface area contributed by atoms with Crippen LogP contribution in [0.5, 0.6) is 5.75 Å². The van der Waals surface area contributed by atoms with E-state index in [0.717, 1.165) is 16.9 Å². The third kappa shape index (κ3) is 4.37. The van der Waals surface area contributed by atoms with Gasteiger partial charge in [0.15, 0.2) is 6.61 Å². The first kappa shape index (κ1) is 14.5. The summed E-state index contributed by atoms with van der Waals surface area (Å²) in [5.74, 6) is 0.661. The quantitative estimate of drug-likeness (QED) is 0.784. The van der Waals surface area contributed by atoms with Gasteiger partial charge in [-0.3, -0.25) is 4.79 Å². The maximum absolute atomic E-state index is 11.5. The van der Waals surface area contributed by atoms with Crippen molar-refractivity contribution < 1.29 is 14.3 Å². The summed E-state index contributed by atoms with van der Waals surface area (Å²) in [5.41, 5.74) is 3.30. The maximum atomic E-state index is 11.5. The van der Waals surface area contributed by atoms with E-state index >= 15 is 0 Å². The third-order valence-corrected chi connectivity index (χ3v) is 2.58. The predicted molar refractivity (Wildman–Crippen MR) is 71.0 cm³/mol. The Morgan fingerprint density at radius 1 is 1.22 bits per heavy atom. The number of hydrogen-bond donors (Lipinski definition) is 1. The molecule has 0 atom stereocenters. The first-order chi connectivity index (χ1) is 8.54. The molecule has 0 fully saturated rings. The Bertz CT molecular complexity index is 392. The lowest BCUT2D eigenvalue weighted by Crippen LogP contribution is -2.31. The minimum atomic E-state index is -0.133. The van der Waals surface area contributed by atoms with Crippen molar-refractivity contribution >= 4 is 5.91 Å². The molecule has 0 spiro atoms. The van der Waals surface area contributed by atoms with Crippen LogP contribution in [0.25, 0.3) is 0 Å². The van der Waals surface area contributed by atoms with Crippen molar-refractivity contribution in [3.63, 3.8) is 0 Å². The van der Waals surface area contributed by atoms with E-state index in [1.165, 1.54) is 5.56 Å². The smallest absolute Gasteiger partial charge is 0.258 e. The number of aryl methyl sites for hydroxylation is 3. The molecule has 0 unspecified atom stereocenters. The SMILES string of the molecule is COCCNC(=O)COc1c(C)cc(C)cc1C. The molecule has 4 heteroatoms. The molecule has 4 nitrogen and oxygen atoms in total. The van der Waals surface area contributed by atoms with Gasteiger partial charge in [0.2, 0.25) is 0 Å². The number of rotatable bonds is 6. The van der Waals surface area contributed by atoms with Gasteiger partial charge in [0.1, 0.15) is 5.75 Å². The largest absolute Gasteiger partial charge is 0.483 e. The molecule has 100 valence electrons. The molecule has 1 amide bonds. The number of benzene rings is 1. The van der Waals surface area contributed by atoms with Gasteiger partial charge in [0, 0.05) is 13.7 Å². The third-order valence-electron chi connectivity index (χ3n) is 2.58. The van der Waals surface area contributed by atoms with Crippen LogP contribution in [-0.2, 0) is 9.53 Å². The van der Waals surface area contributed by atoms with Crippen LogP contribution in [0.1, 0.15) is 16.7 Å². The Morgan fingerprint density at radius 2 is 1.83 bits per heavy atom.